The first-order chi connectivity index (χ1) is 11.7. The summed E-state index contributed by atoms with van der Waals surface area (Å²) in [6.45, 7) is 3.22. The highest BCUT2D eigenvalue weighted by Crippen LogP contribution is 2.18. The summed E-state index contributed by atoms with van der Waals surface area (Å²) in [6, 6.07) is 12.0. The van der Waals surface area contributed by atoms with Crippen molar-refractivity contribution >= 4 is 17.7 Å². The lowest BCUT2D eigenvalue weighted by atomic mass is 10.2. The summed E-state index contributed by atoms with van der Waals surface area (Å²) in [5.74, 6) is 2.83. The molecule has 1 aromatic carbocycles. The van der Waals surface area contributed by atoms with Crippen molar-refractivity contribution in [1.29, 1.82) is 0 Å². The van der Waals surface area contributed by atoms with Crippen LogP contribution < -0.4 is 4.74 Å². The Morgan fingerprint density at radius 3 is 2.96 bits per heavy atom. The Morgan fingerprint density at radius 2 is 2.17 bits per heavy atom. The van der Waals surface area contributed by atoms with E-state index in [1.807, 2.05) is 30.0 Å². The van der Waals surface area contributed by atoms with E-state index >= 15 is 0 Å². The van der Waals surface area contributed by atoms with Gasteiger partial charge >= 0.3 is 0 Å². The Bertz CT molecular complexity index is 681. The van der Waals surface area contributed by atoms with Gasteiger partial charge in [-0.05, 0) is 12.5 Å². The van der Waals surface area contributed by atoms with Gasteiger partial charge < -0.3 is 9.64 Å². The molecule has 0 bridgehead atoms. The fraction of sp³-hybridized carbons (Fsp3) is 0.389. The first-order valence-corrected chi connectivity index (χ1v) is 9.22. The third-order valence-electron chi connectivity index (χ3n) is 3.87. The van der Waals surface area contributed by atoms with Crippen molar-refractivity contribution in [3.63, 3.8) is 0 Å². The highest BCUT2D eigenvalue weighted by molar-refractivity contribution is 7.99. The predicted molar refractivity (Wildman–Crippen MR) is 95.0 cm³/mol. The number of amides is 1. The van der Waals surface area contributed by atoms with Crippen LogP contribution in [0.2, 0.25) is 0 Å². The fourth-order valence-electron chi connectivity index (χ4n) is 2.64. The Kier molecular flexibility index (Phi) is 5.69. The molecule has 24 heavy (non-hydrogen) atoms. The highest BCUT2D eigenvalue weighted by Gasteiger charge is 2.27. The second kappa shape index (κ2) is 8.15. The van der Waals surface area contributed by atoms with Gasteiger partial charge in [0, 0.05) is 31.0 Å². The van der Waals surface area contributed by atoms with Crippen LogP contribution in [0.1, 0.15) is 17.8 Å². The van der Waals surface area contributed by atoms with Gasteiger partial charge in [0.2, 0.25) is 11.8 Å². The normalized spacial score (nSPS) is 17.0. The van der Waals surface area contributed by atoms with Crippen molar-refractivity contribution in [3.05, 3.63) is 54.0 Å². The molecule has 6 heteroatoms. The van der Waals surface area contributed by atoms with Gasteiger partial charge in [-0.3, -0.25) is 4.79 Å². The van der Waals surface area contributed by atoms with Crippen LogP contribution in [0.15, 0.2) is 42.6 Å². The van der Waals surface area contributed by atoms with E-state index < -0.39 is 0 Å². The number of hydrogen-bond acceptors (Lipinski definition) is 5. The number of carbonyl (C=O) groups excluding carboxylic acids is 1. The van der Waals surface area contributed by atoms with Crippen LogP contribution >= 0.6 is 11.8 Å². The first-order valence-electron chi connectivity index (χ1n) is 8.06. The van der Waals surface area contributed by atoms with Gasteiger partial charge in [-0.15, -0.1) is 11.8 Å². The maximum Gasteiger partial charge on any atom is 0.232 e. The molecule has 3 rings (SSSR count). The van der Waals surface area contributed by atoms with Crippen molar-refractivity contribution in [1.82, 2.24) is 14.9 Å². The van der Waals surface area contributed by atoms with Crippen molar-refractivity contribution in [2.45, 2.75) is 25.2 Å². The summed E-state index contributed by atoms with van der Waals surface area (Å²) in [7, 11) is 0. The second-order valence-electron chi connectivity index (χ2n) is 5.79. The number of thioether (sulfide) groups is 1. The third kappa shape index (κ3) is 4.71. The summed E-state index contributed by atoms with van der Waals surface area (Å²) in [4.78, 5) is 22.5. The molecule has 5 nitrogen and oxygen atoms in total. The summed E-state index contributed by atoms with van der Waals surface area (Å²) in [5.41, 5.74) is 1.25. The summed E-state index contributed by atoms with van der Waals surface area (Å²) in [5, 5.41) is 0. The number of rotatable bonds is 6. The molecule has 1 fully saturated rings. The average Bonchev–Trinajstić information content (AvgIpc) is 3.04. The minimum atomic E-state index is 0.0161. The fourth-order valence-corrected chi connectivity index (χ4v) is 3.53. The summed E-state index contributed by atoms with van der Waals surface area (Å²) < 4.78 is 5.86. The number of nitrogens with zero attached hydrogens (tertiary/aromatic N) is 3. The molecule has 1 aliphatic rings. The van der Waals surface area contributed by atoms with Gasteiger partial charge in [0.25, 0.3) is 0 Å². The molecule has 1 aliphatic heterocycles. The monoisotopic (exact) mass is 343 g/mol. The molecule has 0 unspecified atom stereocenters. The van der Waals surface area contributed by atoms with Gasteiger partial charge in [0.15, 0.2) is 0 Å². The molecule has 0 saturated carbocycles. The second-order valence-corrected chi connectivity index (χ2v) is 6.77. The van der Waals surface area contributed by atoms with E-state index in [2.05, 4.69) is 22.1 Å². The number of aromatic nitrogens is 2. The minimum Gasteiger partial charge on any atom is -0.472 e. The predicted octanol–water partition coefficient (Wildman–Crippen LogP) is 2.70. The Balaban J connectivity index is 1.42. The lowest BCUT2D eigenvalue weighted by Crippen LogP contribution is -2.32. The zero-order valence-electron chi connectivity index (χ0n) is 13.7. The Morgan fingerprint density at radius 1 is 1.33 bits per heavy atom. The van der Waals surface area contributed by atoms with Crippen LogP contribution in [0, 0.1) is 6.92 Å². The van der Waals surface area contributed by atoms with E-state index in [1.165, 1.54) is 5.56 Å². The Hall–Kier alpha value is -2.08. The van der Waals surface area contributed by atoms with Crippen molar-refractivity contribution < 1.29 is 9.53 Å². The van der Waals surface area contributed by atoms with Gasteiger partial charge in [-0.25, -0.2) is 4.98 Å². The lowest BCUT2D eigenvalue weighted by Gasteiger charge is -2.17. The van der Waals surface area contributed by atoms with Crippen LogP contribution in [0.5, 0.6) is 5.88 Å². The number of aryl methyl sites for hydroxylation is 1. The van der Waals surface area contributed by atoms with Crippen molar-refractivity contribution in [3.8, 4) is 5.88 Å². The molecule has 1 saturated heterocycles. The van der Waals surface area contributed by atoms with E-state index in [-0.39, 0.29) is 12.0 Å². The van der Waals surface area contributed by atoms with Crippen LogP contribution in [0.3, 0.4) is 0 Å². The van der Waals surface area contributed by atoms with Crippen LogP contribution in [0.4, 0.5) is 0 Å². The molecule has 0 spiro atoms. The van der Waals surface area contributed by atoms with Gasteiger partial charge in [-0.2, -0.15) is 4.98 Å². The number of benzene rings is 1. The van der Waals surface area contributed by atoms with Gasteiger partial charge in [0.05, 0.1) is 12.3 Å². The molecular weight excluding hydrogens is 322 g/mol. The number of likely N-dealkylation sites (tertiary alicyclic amines) is 1. The largest absolute Gasteiger partial charge is 0.472 e. The smallest absolute Gasteiger partial charge is 0.232 e. The minimum absolute atomic E-state index is 0.0161. The van der Waals surface area contributed by atoms with E-state index in [0.717, 1.165) is 18.7 Å². The molecule has 2 aromatic rings. The number of carbonyl (C=O) groups is 1. The molecule has 1 atom stereocenters. The molecular formula is C18H21N3O2S. The van der Waals surface area contributed by atoms with E-state index in [4.69, 9.17) is 4.74 Å². The maximum atomic E-state index is 12.3. The van der Waals surface area contributed by atoms with E-state index in [9.17, 15) is 4.79 Å². The van der Waals surface area contributed by atoms with Crippen LogP contribution in [0.25, 0.3) is 0 Å². The molecule has 1 aromatic heterocycles. The highest BCUT2D eigenvalue weighted by atomic mass is 32.2. The zero-order valence-corrected chi connectivity index (χ0v) is 14.5. The van der Waals surface area contributed by atoms with Crippen LogP contribution in [-0.2, 0) is 10.5 Å². The first kappa shape index (κ1) is 16.8. The zero-order chi connectivity index (χ0) is 16.8. The number of hydrogen-bond donors (Lipinski definition) is 0. The topological polar surface area (TPSA) is 55.3 Å². The average molecular weight is 343 g/mol. The summed E-state index contributed by atoms with van der Waals surface area (Å²) >= 11 is 1.66. The van der Waals surface area contributed by atoms with E-state index in [0.29, 0.717) is 24.0 Å². The SMILES string of the molecule is Cc1nccc(O[C@@H]2CCN(C(=O)CSCc3ccccc3)C2)n1. The standard InChI is InChI=1S/C18H21N3O2S/c1-14-19-9-7-17(20-14)23-16-8-10-21(11-16)18(22)13-24-12-15-5-3-2-4-6-15/h2-7,9,16H,8,10-13H2,1H3/t16-/m1/s1. The maximum absolute atomic E-state index is 12.3. The van der Waals surface area contributed by atoms with Crippen LogP contribution in [-0.4, -0.2) is 45.7 Å². The third-order valence-corrected chi connectivity index (χ3v) is 4.86. The molecule has 0 aliphatic carbocycles. The summed E-state index contributed by atoms with van der Waals surface area (Å²) in [6.07, 6.45) is 2.55. The molecule has 0 radical (unpaired) electrons. The van der Waals surface area contributed by atoms with Gasteiger partial charge in [-0.1, -0.05) is 30.3 Å². The number of ether oxygens (including phenoxy) is 1. The lowest BCUT2D eigenvalue weighted by molar-refractivity contribution is -0.127. The molecule has 126 valence electrons. The molecule has 1 amide bonds. The van der Waals surface area contributed by atoms with E-state index in [1.54, 1.807) is 24.0 Å². The van der Waals surface area contributed by atoms with Crippen molar-refractivity contribution in [2.24, 2.45) is 0 Å². The quantitative estimate of drug-likeness (QED) is 0.807. The Labute approximate surface area is 146 Å². The van der Waals surface area contributed by atoms with Gasteiger partial charge in [0.1, 0.15) is 11.9 Å². The van der Waals surface area contributed by atoms with Crippen molar-refractivity contribution in [2.75, 3.05) is 18.8 Å². The molecule has 2 heterocycles. The molecule has 0 N–H and O–H groups in total.